The van der Waals surface area contributed by atoms with Crippen LogP contribution in [0.4, 0.5) is 0 Å². The summed E-state index contributed by atoms with van der Waals surface area (Å²) in [5.41, 5.74) is -6.45. The topological polar surface area (TPSA) is 175 Å². The maximum Gasteiger partial charge on any atom is 0.355 e. The van der Waals surface area contributed by atoms with E-state index in [0.717, 1.165) is 19.1 Å². The quantitative estimate of drug-likeness (QED) is 0.611. The third-order valence-corrected chi connectivity index (χ3v) is 4.54. The van der Waals surface area contributed by atoms with E-state index in [1.807, 2.05) is 6.07 Å². The van der Waals surface area contributed by atoms with Crippen molar-refractivity contribution in [1.82, 2.24) is 4.90 Å². The average molecular weight is 374 g/mol. The van der Waals surface area contributed by atoms with E-state index in [9.17, 15) is 35.9 Å². The van der Waals surface area contributed by atoms with Crippen molar-refractivity contribution in [3.05, 3.63) is 35.2 Å². The van der Waals surface area contributed by atoms with Crippen LogP contribution in [0.3, 0.4) is 0 Å². The largest absolute Gasteiger partial charge is 0.466 e. The molecule has 0 aliphatic carbocycles. The summed E-state index contributed by atoms with van der Waals surface area (Å²) >= 11 is 0. The molecule has 0 aromatic carbocycles. The molecule has 10 heteroatoms. The zero-order valence-electron chi connectivity index (χ0n) is 14.6. The lowest BCUT2D eigenvalue weighted by atomic mass is 9.55. The van der Waals surface area contributed by atoms with Crippen LogP contribution in [0.5, 0.6) is 0 Å². The van der Waals surface area contributed by atoms with Crippen LogP contribution in [-0.4, -0.2) is 37.1 Å². The molecule has 28 heavy (non-hydrogen) atoms. The third-order valence-electron chi connectivity index (χ3n) is 4.54. The van der Waals surface area contributed by atoms with Gasteiger partial charge in [-0.05, 0) is 12.2 Å². The molecule has 10 nitrogen and oxygen atoms in total. The minimum Gasteiger partial charge on any atom is -0.466 e. The van der Waals surface area contributed by atoms with E-state index in [4.69, 9.17) is 0 Å². The second-order valence-electron chi connectivity index (χ2n) is 5.61. The Bertz CT molecular complexity index is 1040. The van der Waals surface area contributed by atoms with Crippen LogP contribution in [0.15, 0.2) is 35.2 Å². The predicted octanol–water partition coefficient (Wildman–Crippen LogP) is 0.315. The molecule has 0 amide bonds. The number of fused-ring (bicyclic) bond motifs is 1. The van der Waals surface area contributed by atoms with Gasteiger partial charge in [-0.2, -0.15) is 26.3 Å². The van der Waals surface area contributed by atoms with Gasteiger partial charge < -0.3 is 14.4 Å². The molecule has 0 aromatic heterocycles. The monoisotopic (exact) mass is 374 g/mol. The van der Waals surface area contributed by atoms with E-state index in [1.165, 1.54) is 18.4 Å². The Hall–Kier alpha value is -4.59. The van der Waals surface area contributed by atoms with Crippen molar-refractivity contribution in [3.63, 3.8) is 0 Å². The normalized spacial score (nSPS) is 20.7. The summed E-state index contributed by atoms with van der Waals surface area (Å²) in [4.78, 5) is 26.0. The number of esters is 2. The summed E-state index contributed by atoms with van der Waals surface area (Å²) in [6.07, 6.45) is 3.65. The third kappa shape index (κ3) is 2.22. The number of ether oxygens (including phenoxy) is 2. The fraction of sp³-hybridized carbons (Fsp3) is 0.278. The molecular weight excluding hydrogens is 364 g/mol. The van der Waals surface area contributed by atoms with Crippen molar-refractivity contribution >= 4 is 11.9 Å². The SMILES string of the molecule is COC(=O)C1=C(C(=O)OC)C(C#N)(C#N)C(C#N)(C#N)C2C=C(C#N)C=CN12. The molecule has 136 valence electrons. The van der Waals surface area contributed by atoms with Crippen molar-refractivity contribution in [3.8, 4) is 30.3 Å². The van der Waals surface area contributed by atoms with E-state index in [-0.39, 0.29) is 5.57 Å². The highest BCUT2D eigenvalue weighted by Crippen LogP contribution is 2.55. The number of hydrogen-bond acceptors (Lipinski definition) is 10. The first kappa shape index (κ1) is 19.7. The van der Waals surface area contributed by atoms with E-state index in [0.29, 0.717) is 0 Å². The lowest BCUT2D eigenvalue weighted by molar-refractivity contribution is -0.142. The van der Waals surface area contributed by atoms with Crippen LogP contribution in [0, 0.1) is 67.5 Å². The molecule has 0 saturated carbocycles. The number of hydrogen-bond donors (Lipinski definition) is 0. The molecule has 0 aromatic rings. The van der Waals surface area contributed by atoms with Gasteiger partial charge in [-0.1, -0.05) is 0 Å². The Labute approximate surface area is 159 Å². The van der Waals surface area contributed by atoms with Crippen molar-refractivity contribution in [2.45, 2.75) is 6.04 Å². The minimum absolute atomic E-state index is 0.0339. The Morgan fingerprint density at radius 3 is 2.00 bits per heavy atom. The molecule has 0 saturated heterocycles. The van der Waals surface area contributed by atoms with Crippen LogP contribution in [0.1, 0.15) is 0 Å². The molecule has 2 rings (SSSR count). The second-order valence-corrected chi connectivity index (χ2v) is 5.61. The minimum atomic E-state index is -2.70. The summed E-state index contributed by atoms with van der Waals surface area (Å²) in [5.74, 6) is -2.34. The number of methoxy groups -OCH3 is 2. The first-order chi connectivity index (χ1) is 13.4. The number of carbonyl (C=O) groups is 2. The van der Waals surface area contributed by atoms with E-state index in [2.05, 4.69) is 9.47 Å². The number of nitrogens with zero attached hydrogens (tertiary/aromatic N) is 6. The van der Waals surface area contributed by atoms with Gasteiger partial charge in [0.1, 0.15) is 11.3 Å². The van der Waals surface area contributed by atoms with Gasteiger partial charge >= 0.3 is 11.9 Å². The van der Waals surface area contributed by atoms with Crippen LogP contribution >= 0.6 is 0 Å². The molecule has 2 aliphatic heterocycles. The summed E-state index contributed by atoms with van der Waals surface area (Å²) in [6, 6.07) is 6.88. The fourth-order valence-electron chi connectivity index (χ4n) is 3.20. The molecule has 1 unspecified atom stereocenters. The fourth-order valence-corrected chi connectivity index (χ4v) is 3.20. The van der Waals surface area contributed by atoms with Crippen molar-refractivity contribution in [2.75, 3.05) is 14.2 Å². The van der Waals surface area contributed by atoms with Crippen molar-refractivity contribution in [1.29, 1.82) is 26.3 Å². The molecule has 2 aliphatic rings. The standard InChI is InChI=1S/C18H10N6O4/c1-27-15(25)13-14(16(26)28-2)24-4-3-11(6-19)5-12(24)17(7-20,8-21)18(13,9-22)10-23/h3-5,12H,1-2H3. The first-order valence-electron chi connectivity index (χ1n) is 7.52. The highest BCUT2D eigenvalue weighted by molar-refractivity contribution is 6.03. The van der Waals surface area contributed by atoms with Gasteiger partial charge in [0.15, 0.2) is 0 Å². The van der Waals surface area contributed by atoms with Gasteiger partial charge in [0, 0.05) is 6.20 Å². The molecule has 0 fully saturated rings. The number of carbonyl (C=O) groups excluding carboxylic acids is 2. The van der Waals surface area contributed by atoms with Crippen LogP contribution < -0.4 is 0 Å². The van der Waals surface area contributed by atoms with Gasteiger partial charge in [0.2, 0.25) is 10.8 Å². The zero-order chi connectivity index (χ0) is 21.1. The maximum atomic E-state index is 12.5. The first-order valence-corrected chi connectivity index (χ1v) is 7.52. The molecule has 0 N–H and O–H groups in total. The average Bonchev–Trinajstić information content (AvgIpc) is 2.75. The highest BCUT2D eigenvalue weighted by atomic mass is 16.5. The lowest BCUT2D eigenvalue weighted by Gasteiger charge is -2.47. The van der Waals surface area contributed by atoms with Crippen molar-refractivity contribution in [2.24, 2.45) is 10.8 Å². The van der Waals surface area contributed by atoms with Gasteiger partial charge in [-0.15, -0.1) is 0 Å². The molecule has 0 spiro atoms. The van der Waals surface area contributed by atoms with Gasteiger partial charge in [0.25, 0.3) is 0 Å². The van der Waals surface area contributed by atoms with Gasteiger partial charge in [-0.25, -0.2) is 9.59 Å². The summed E-state index contributed by atoms with van der Waals surface area (Å²) < 4.78 is 9.32. The van der Waals surface area contributed by atoms with Gasteiger partial charge in [-0.3, -0.25) is 0 Å². The molecule has 1 atom stereocenters. The lowest BCUT2D eigenvalue weighted by Crippen LogP contribution is -2.60. The van der Waals surface area contributed by atoms with E-state index in [1.54, 1.807) is 24.3 Å². The smallest absolute Gasteiger partial charge is 0.355 e. The second kappa shape index (κ2) is 6.96. The number of allylic oxidation sites excluding steroid dienone is 2. The van der Waals surface area contributed by atoms with E-state index < -0.39 is 40.1 Å². The molecule has 0 radical (unpaired) electrons. The highest BCUT2D eigenvalue weighted by Gasteiger charge is 2.69. The Morgan fingerprint density at radius 1 is 1.00 bits per heavy atom. The van der Waals surface area contributed by atoms with Crippen LogP contribution in [0.25, 0.3) is 0 Å². The Kier molecular flexibility index (Phi) is 4.91. The van der Waals surface area contributed by atoms with E-state index >= 15 is 0 Å². The molecular formula is C18H10N6O4. The Morgan fingerprint density at radius 2 is 1.57 bits per heavy atom. The van der Waals surface area contributed by atoms with Crippen LogP contribution in [-0.2, 0) is 19.1 Å². The zero-order valence-corrected chi connectivity index (χ0v) is 14.6. The Balaban J connectivity index is 3.14. The maximum absolute atomic E-state index is 12.5. The van der Waals surface area contributed by atoms with Crippen molar-refractivity contribution < 1.29 is 19.1 Å². The molecule has 0 bridgehead atoms. The van der Waals surface area contributed by atoms with Crippen LogP contribution in [0.2, 0.25) is 0 Å². The summed E-state index contributed by atoms with van der Waals surface area (Å²) in [5, 5.41) is 48.6. The summed E-state index contributed by atoms with van der Waals surface area (Å²) in [6.45, 7) is 0. The summed E-state index contributed by atoms with van der Waals surface area (Å²) in [7, 11) is 1.97. The number of rotatable bonds is 2. The van der Waals surface area contributed by atoms with Gasteiger partial charge in [0.05, 0.1) is 56.2 Å². The molecule has 2 heterocycles. The number of nitriles is 5. The predicted molar refractivity (Wildman–Crippen MR) is 86.8 cm³/mol.